The van der Waals surface area contributed by atoms with Crippen molar-refractivity contribution in [1.29, 1.82) is 0 Å². The number of ether oxygens (including phenoxy) is 1. The van der Waals surface area contributed by atoms with Gasteiger partial charge in [0.2, 0.25) is 5.28 Å². The van der Waals surface area contributed by atoms with Crippen LogP contribution in [0.2, 0.25) is 5.28 Å². The Morgan fingerprint density at radius 2 is 2.06 bits per heavy atom. The normalized spacial score (nSPS) is 24.6. The number of nitrogens with zero attached hydrogens (tertiary/aromatic N) is 4. The molecule has 18 heavy (non-hydrogen) atoms. The van der Waals surface area contributed by atoms with E-state index in [1.165, 1.54) is 0 Å². The molecule has 0 amide bonds. The van der Waals surface area contributed by atoms with Crippen molar-refractivity contribution in [3.63, 3.8) is 0 Å². The Hall–Kier alpha value is -1.20. The second-order valence-corrected chi connectivity index (χ2v) is 5.01. The maximum Gasteiger partial charge on any atom is 0.224 e. The summed E-state index contributed by atoms with van der Waals surface area (Å²) in [6, 6.07) is 0.389. The zero-order valence-corrected chi connectivity index (χ0v) is 11.0. The van der Waals surface area contributed by atoms with Gasteiger partial charge in [-0.15, -0.1) is 0 Å². The lowest BCUT2D eigenvalue weighted by Gasteiger charge is -2.27. The lowest BCUT2D eigenvalue weighted by Crippen LogP contribution is -2.23. The highest BCUT2D eigenvalue weighted by molar-refractivity contribution is 6.28. The van der Waals surface area contributed by atoms with Crippen molar-refractivity contribution in [1.82, 2.24) is 19.7 Å². The van der Waals surface area contributed by atoms with Crippen LogP contribution in [0.4, 0.5) is 0 Å². The number of halogens is 1. The molecule has 2 aromatic heterocycles. The summed E-state index contributed by atoms with van der Waals surface area (Å²) < 4.78 is 7.37. The summed E-state index contributed by atoms with van der Waals surface area (Å²) in [5.41, 5.74) is 0.830. The average molecular weight is 267 g/mol. The van der Waals surface area contributed by atoms with Gasteiger partial charge in [-0.1, -0.05) is 0 Å². The molecule has 96 valence electrons. The van der Waals surface area contributed by atoms with E-state index in [4.69, 9.17) is 16.3 Å². The van der Waals surface area contributed by atoms with Crippen LogP contribution in [0.1, 0.15) is 31.7 Å². The summed E-state index contributed by atoms with van der Waals surface area (Å²) in [6.07, 6.45) is 8.18. The molecule has 1 aliphatic rings. The number of rotatable bonds is 2. The predicted molar refractivity (Wildman–Crippen MR) is 68.6 cm³/mol. The minimum atomic E-state index is 0.273. The first-order chi connectivity index (χ1) is 8.78. The van der Waals surface area contributed by atoms with Crippen molar-refractivity contribution in [3.05, 3.63) is 17.7 Å². The molecule has 0 aliphatic heterocycles. The summed E-state index contributed by atoms with van der Waals surface area (Å²) in [7, 11) is 1.78. The van der Waals surface area contributed by atoms with Gasteiger partial charge in [-0.3, -0.25) is 0 Å². The van der Waals surface area contributed by atoms with Crippen LogP contribution < -0.4 is 0 Å². The van der Waals surface area contributed by atoms with Crippen molar-refractivity contribution < 1.29 is 4.74 Å². The van der Waals surface area contributed by atoms with Crippen molar-refractivity contribution in [2.45, 2.75) is 37.8 Å². The van der Waals surface area contributed by atoms with Crippen LogP contribution in [0.3, 0.4) is 0 Å². The fraction of sp³-hybridized carbons (Fsp3) is 0.583. The number of aromatic nitrogens is 4. The molecule has 6 heteroatoms. The molecule has 5 nitrogen and oxygen atoms in total. The van der Waals surface area contributed by atoms with E-state index in [2.05, 4.69) is 15.1 Å². The first-order valence-electron chi connectivity index (χ1n) is 6.16. The topological polar surface area (TPSA) is 52.8 Å². The maximum atomic E-state index is 5.85. The molecular weight excluding hydrogens is 252 g/mol. The lowest BCUT2D eigenvalue weighted by molar-refractivity contribution is 0.0573. The molecule has 0 atom stereocenters. The van der Waals surface area contributed by atoms with Gasteiger partial charge < -0.3 is 4.74 Å². The highest BCUT2D eigenvalue weighted by Gasteiger charge is 2.24. The molecule has 0 bridgehead atoms. The van der Waals surface area contributed by atoms with E-state index in [0.29, 0.717) is 12.1 Å². The van der Waals surface area contributed by atoms with E-state index in [9.17, 15) is 0 Å². The molecule has 1 fully saturated rings. The Morgan fingerprint density at radius 3 is 2.78 bits per heavy atom. The summed E-state index contributed by atoms with van der Waals surface area (Å²) in [5.74, 6) is 0. The fourth-order valence-electron chi connectivity index (χ4n) is 2.61. The summed E-state index contributed by atoms with van der Waals surface area (Å²) in [4.78, 5) is 8.25. The number of methoxy groups -OCH3 is 1. The first-order valence-corrected chi connectivity index (χ1v) is 6.54. The van der Waals surface area contributed by atoms with E-state index < -0.39 is 0 Å². The lowest BCUT2D eigenvalue weighted by atomic mass is 9.93. The van der Waals surface area contributed by atoms with E-state index in [-0.39, 0.29) is 5.28 Å². The van der Waals surface area contributed by atoms with Gasteiger partial charge in [-0.2, -0.15) is 10.1 Å². The first kappa shape index (κ1) is 11.9. The highest BCUT2D eigenvalue weighted by Crippen LogP contribution is 2.31. The van der Waals surface area contributed by atoms with Crippen LogP contribution >= 0.6 is 11.6 Å². The quantitative estimate of drug-likeness (QED) is 0.784. The Labute approximate surface area is 110 Å². The molecule has 0 saturated heterocycles. The van der Waals surface area contributed by atoms with Crippen molar-refractivity contribution >= 4 is 22.6 Å². The minimum absolute atomic E-state index is 0.273. The maximum absolute atomic E-state index is 5.85. The SMILES string of the molecule is CO[C@H]1CC[C@@H](n2ncc3cnc(Cl)nc32)CC1. The minimum Gasteiger partial charge on any atom is -0.381 e. The second kappa shape index (κ2) is 4.82. The summed E-state index contributed by atoms with van der Waals surface area (Å²) in [6.45, 7) is 0. The summed E-state index contributed by atoms with van der Waals surface area (Å²) in [5, 5.41) is 5.64. The van der Waals surface area contributed by atoms with Gasteiger partial charge in [-0.25, -0.2) is 9.67 Å². The highest BCUT2D eigenvalue weighted by atomic mass is 35.5. The average Bonchev–Trinajstić information content (AvgIpc) is 2.82. The molecule has 1 aliphatic carbocycles. The van der Waals surface area contributed by atoms with Crippen LogP contribution in [0.15, 0.2) is 12.4 Å². The van der Waals surface area contributed by atoms with Gasteiger partial charge in [-0.05, 0) is 37.3 Å². The van der Waals surface area contributed by atoms with Gasteiger partial charge in [0.25, 0.3) is 0 Å². The third kappa shape index (κ3) is 2.08. The van der Waals surface area contributed by atoms with Gasteiger partial charge in [0.15, 0.2) is 5.65 Å². The van der Waals surface area contributed by atoms with Crippen LogP contribution in [0.5, 0.6) is 0 Å². The Balaban J connectivity index is 1.88. The van der Waals surface area contributed by atoms with E-state index in [1.54, 1.807) is 19.5 Å². The van der Waals surface area contributed by atoms with Gasteiger partial charge in [0.1, 0.15) is 0 Å². The molecule has 0 aromatic carbocycles. The van der Waals surface area contributed by atoms with Gasteiger partial charge in [0, 0.05) is 13.3 Å². The predicted octanol–water partition coefficient (Wildman–Crippen LogP) is 2.61. The molecule has 3 rings (SSSR count). The Kier molecular flexibility index (Phi) is 3.18. The van der Waals surface area contributed by atoms with Crippen molar-refractivity contribution in [2.75, 3.05) is 7.11 Å². The molecule has 0 unspecified atom stereocenters. The Morgan fingerprint density at radius 1 is 1.28 bits per heavy atom. The largest absolute Gasteiger partial charge is 0.381 e. The molecule has 1 saturated carbocycles. The third-order valence-corrected chi connectivity index (χ3v) is 3.81. The van der Waals surface area contributed by atoms with Crippen molar-refractivity contribution in [3.8, 4) is 0 Å². The van der Waals surface area contributed by atoms with E-state index in [0.717, 1.165) is 36.7 Å². The molecular formula is C12H15ClN4O. The zero-order chi connectivity index (χ0) is 12.5. The smallest absolute Gasteiger partial charge is 0.224 e. The zero-order valence-electron chi connectivity index (χ0n) is 10.2. The van der Waals surface area contributed by atoms with Gasteiger partial charge >= 0.3 is 0 Å². The van der Waals surface area contributed by atoms with Crippen molar-refractivity contribution in [2.24, 2.45) is 0 Å². The number of fused-ring (bicyclic) bond motifs is 1. The third-order valence-electron chi connectivity index (χ3n) is 3.63. The molecule has 2 heterocycles. The summed E-state index contributed by atoms with van der Waals surface area (Å²) >= 11 is 5.85. The standard InChI is InChI=1S/C12H15ClN4O/c1-18-10-4-2-9(3-5-10)17-11-8(7-15-17)6-14-12(13)16-11/h6-7,9-10H,2-5H2,1H3/t9-,10+. The van der Waals surface area contributed by atoms with Crippen LogP contribution in [0, 0.1) is 0 Å². The van der Waals surface area contributed by atoms with Crippen LogP contribution in [0.25, 0.3) is 11.0 Å². The number of hydrogen-bond acceptors (Lipinski definition) is 4. The molecule has 2 aromatic rings. The molecule has 0 radical (unpaired) electrons. The van der Waals surface area contributed by atoms with Crippen LogP contribution in [-0.2, 0) is 4.74 Å². The fourth-order valence-corrected chi connectivity index (χ4v) is 2.74. The number of hydrogen-bond donors (Lipinski definition) is 0. The van der Waals surface area contributed by atoms with Gasteiger partial charge in [0.05, 0.1) is 23.7 Å². The van der Waals surface area contributed by atoms with E-state index in [1.807, 2.05) is 4.68 Å². The van der Waals surface area contributed by atoms with Crippen LogP contribution in [-0.4, -0.2) is 33.0 Å². The monoisotopic (exact) mass is 266 g/mol. The second-order valence-electron chi connectivity index (χ2n) is 4.67. The Bertz CT molecular complexity index is 548. The van der Waals surface area contributed by atoms with E-state index >= 15 is 0 Å². The molecule has 0 N–H and O–H groups in total. The molecule has 0 spiro atoms.